The first-order chi connectivity index (χ1) is 12.3. The van der Waals surface area contributed by atoms with Crippen LogP contribution in [0, 0.1) is 0 Å². The van der Waals surface area contributed by atoms with Crippen molar-refractivity contribution in [3.8, 4) is 5.75 Å². The number of hydrogen-bond acceptors (Lipinski definition) is 4. The molecule has 1 aliphatic rings. The largest absolute Gasteiger partial charge is 0.497 e. The molecule has 0 aliphatic carbocycles. The molecule has 140 valence electrons. The van der Waals surface area contributed by atoms with Crippen molar-refractivity contribution >= 4 is 18.3 Å². The Labute approximate surface area is 161 Å². The molecule has 2 heterocycles. The van der Waals surface area contributed by atoms with Crippen LogP contribution in [0.1, 0.15) is 30.0 Å². The summed E-state index contributed by atoms with van der Waals surface area (Å²) in [5.74, 6) is 1.09. The van der Waals surface area contributed by atoms with Crippen LogP contribution in [0.4, 0.5) is 0 Å². The van der Waals surface area contributed by atoms with E-state index in [1.807, 2.05) is 35.4 Å². The first-order valence-corrected chi connectivity index (χ1v) is 8.81. The average Bonchev–Trinajstić information content (AvgIpc) is 2.69. The molecule has 1 fully saturated rings. The van der Waals surface area contributed by atoms with Crippen molar-refractivity contribution in [2.45, 2.75) is 25.3 Å². The molecule has 1 aliphatic heterocycles. The smallest absolute Gasteiger partial charge is 0.223 e. The second kappa shape index (κ2) is 10.1. The first-order valence-electron chi connectivity index (χ1n) is 8.81. The molecule has 26 heavy (non-hydrogen) atoms. The van der Waals surface area contributed by atoms with E-state index in [0.29, 0.717) is 6.42 Å². The van der Waals surface area contributed by atoms with Gasteiger partial charge >= 0.3 is 0 Å². The summed E-state index contributed by atoms with van der Waals surface area (Å²) in [5, 5.41) is 3.38. The Balaban J connectivity index is 0.00000243. The maximum absolute atomic E-state index is 12.7. The molecule has 1 aromatic carbocycles. The molecule has 0 spiro atoms. The van der Waals surface area contributed by atoms with Gasteiger partial charge in [-0.05, 0) is 42.2 Å². The minimum Gasteiger partial charge on any atom is -0.497 e. The molecule has 1 atom stereocenters. The standard InChI is InChI=1S/C20H25N3O2.ClH/c1-25-18-9-7-16(8-10-18)4-2-6-20(24)23-13-12-22-15-19(23)17-5-3-11-21-14-17;/h3,5,7-11,14,19,22H,2,4,6,12-13,15H2,1H3;1H. The summed E-state index contributed by atoms with van der Waals surface area (Å²) in [6.07, 6.45) is 5.95. The topological polar surface area (TPSA) is 54.5 Å². The molecule has 3 rings (SSSR count). The minimum atomic E-state index is 0. The number of hydrogen-bond donors (Lipinski definition) is 1. The number of carbonyl (C=O) groups excluding carboxylic acids is 1. The average molecular weight is 376 g/mol. The van der Waals surface area contributed by atoms with E-state index in [9.17, 15) is 4.79 Å². The molecule has 0 bridgehead atoms. The number of pyridine rings is 1. The number of ether oxygens (including phenoxy) is 1. The molecule has 2 aromatic rings. The Hall–Kier alpha value is -2.11. The van der Waals surface area contributed by atoms with Gasteiger partial charge in [0, 0.05) is 38.4 Å². The number of benzene rings is 1. The number of nitrogens with one attached hydrogen (secondary N) is 1. The highest BCUT2D eigenvalue weighted by Crippen LogP contribution is 2.23. The van der Waals surface area contributed by atoms with Crippen LogP contribution in [-0.4, -0.2) is 42.5 Å². The maximum atomic E-state index is 12.7. The number of aromatic nitrogens is 1. The van der Waals surface area contributed by atoms with Gasteiger partial charge in [0.1, 0.15) is 5.75 Å². The first kappa shape index (κ1) is 20.2. The quantitative estimate of drug-likeness (QED) is 0.843. The van der Waals surface area contributed by atoms with Gasteiger partial charge in [-0.2, -0.15) is 0 Å². The predicted molar refractivity (Wildman–Crippen MR) is 105 cm³/mol. The second-order valence-electron chi connectivity index (χ2n) is 6.30. The Kier molecular flexibility index (Phi) is 7.88. The Morgan fingerprint density at radius 3 is 2.81 bits per heavy atom. The molecule has 1 amide bonds. The highest BCUT2D eigenvalue weighted by atomic mass is 35.5. The lowest BCUT2D eigenvalue weighted by Gasteiger charge is -2.36. The lowest BCUT2D eigenvalue weighted by atomic mass is 10.0. The molecule has 0 radical (unpaired) electrons. The van der Waals surface area contributed by atoms with Gasteiger partial charge in [-0.25, -0.2) is 0 Å². The molecule has 1 saturated heterocycles. The lowest BCUT2D eigenvalue weighted by Crippen LogP contribution is -2.48. The number of amides is 1. The van der Waals surface area contributed by atoms with Crippen molar-refractivity contribution in [3.05, 3.63) is 59.9 Å². The number of aryl methyl sites for hydroxylation is 1. The molecule has 1 aromatic heterocycles. The van der Waals surface area contributed by atoms with Crippen LogP contribution in [0.25, 0.3) is 0 Å². The number of nitrogens with zero attached hydrogens (tertiary/aromatic N) is 2. The summed E-state index contributed by atoms with van der Waals surface area (Å²) in [7, 11) is 1.67. The molecule has 0 saturated carbocycles. The zero-order chi connectivity index (χ0) is 17.5. The van der Waals surface area contributed by atoms with Crippen LogP contribution >= 0.6 is 12.4 Å². The number of rotatable bonds is 6. The SMILES string of the molecule is COc1ccc(CCCC(=O)N2CCNCC2c2cccnc2)cc1.Cl. The summed E-state index contributed by atoms with van der Waals surface area (Å²) in [4.78, 5) is 18.9. The van der Waals surface area contributed by atoms with Crippen molar-refractivity contribution < 1.29 is 9.53 Å². The molecule has 1 N–H and O–H groups in total. The third-order valence-corrected chi connectivity index (χ3v) is 4.65. The third kappa shape index (κ3) is 5.19. The van der Waals surface area contributed by atoms with Crippen LogP contribution < -0.4 is 10.1 Å². The molecule has 6 heteroatoms. The van der Waals surface area contributed by atoms with Crippen molar-refractivity contribution in [2.75, 3.05) is 26.7 Å². The van der Waals surface area contributed by atoms with Crippen LogP contribution in [0.5, 0.6) is 5.75 Å². The summed E-state index contributed by atoms with van der Waals surface area (Å²) in [5.41, 5.74) is 2.33. The fourth-order valence-corrected chi connectivity index (χ4v) is 3.25. The Morgan fingerprint density at radius 2 is 2.12 bits per heavy atom. The van der Waals surface area contributed by atoms with Gasteiger partial charge in [-0.15, -0.1) is 12.4 Å². The van der Waals surface area contributed by atoms with Crippen molar-refractivity contribution in [1.29, 1.82) is 0 Å². The maximum Gasteiger partial charge on any atom is 0.223 e. The van der Waals surface area contributed by atoms with Gasteiger partial charge in [-0.3, -0.25) is 9.78 Å². The summed E-state index contributed by atoms with van der Waals surface area (Å²) < 4.78 is 5.17. The molecule has 1 unspecified atom stereocenters. The number of piperazine rings is 1. The van der Waals surface area contributed by atoms with Crippen molar-refractivity contribution in [1.82, 2.24) is 15.2 Å². The van der Waals surface area contributed by atoms with E-state index >= 15 is 0 Å². The van der Waals surface area contributed by atoms with Crippen LogP contribution in [0.15, 0.2) is 48.8 Å². The third-order valence-electron chi connectivity index (χ3n) is 4.65. The normalized spacial score (nSPS) is 16.7. The zero-order valence-electron chi connectivity index (χ0n) is 15.1. The number of halogens is 1. The fourth-order valence-electron chi connectivity index (χ4n) is 3.25. The van der Waals surface area contributed by atoms with E-state index in [1.54, 1.807) is 13.3 Å². The summed E-state index contributed by atoms with van der Waals surface area (Å²) in [6, 6.07) is 12.1. The van der Waals surface area contributed by atoms with E-state index in [4.69, 9.17) is 4.74 Å². The van der Waals surface area contributed by atoms with Crippen LogP contribution in [0.2, 0.25) is 0 Å². The van der Waals surface area contributed by atoms with Crippen LogP contribution in [0.3, 0.4) is 0 Å². The summed E-state index contributed by atoms with van der Waals surface area (Å²) >= 11 is 0. The van der Waals surface area contributed by atoms with E-state index < -0.39 is 0 Å². The Bertz CT molecular complexity index is 679. The monoisotopic (exact) mass is 375 g/mol. The van der Waals surface area contributed by atoms with Gasteiger partial charge in [0.15, 0.2) is 0 Å². The fraction of sp³-hybridized carbons (Fsp3) is 0.400. The van der Waals surface area contributed by atoms with Gasteiger partial charge < -0.3 is 15.0 Å². The zero-order valence-corrected chi connectivity index (χ0v) is 15.9. The van der Waals surface area contributed by atoms with Crippen molar-refractivity contribution in [2.24, 2.45) is 0 Å². The highest BCUT2D eigenvalue weighted by Gasteiger charge is 2.27. The minimum absolute atomic E-state index is 0. The van der Waals surface area contributed by atoms with Crippen molar-refractivity contribution in [3.63, 3.8) is 0 Å². The van der Waals surface area contributed by atoms with E-state index in [-0.39, 0.29) is 24.4 Å². The number of carbonyl (C=O) groups is 1. The van der Waals surface area contributed by atoms with Crippen LogP contribution in [-0.2, 0) is 11.2 Å². The van der Waals surface area contributed by atoms with E-state index in [2.05, 4.69) is 22.4 Å². The molecular weight excluding hydrogens is 350 g/mol. The lowest BCUT2D eigenvalue weighted by molar-refractivity contribution is -0.134. The van der Waals surface area contributed by atoms with Gasteiger partial charge in [0.25, 0.3) is 0 Å². The highest BCUT2D eigenvalue weighted by molar-refractivity contribution is 5.85. The number of methoxy groups -OCH3 is 1. The van der Waals surface area contributed by atoms with Gasteiger partial charge in [0.2, 0.25) is 5.91 Å². The summed E-state index contributed by atoms with van der Waals surface area (Å²) in [6.45, 7) is 2.39. The molecular formula is C20H26ClN3O2. The second-order valence-corrected chi connectivity index (χ2v) is 6.30. The van der Waals surface area contributed by atoms with Gasteiger partial charge in [-0.1, -0.05) is 18.2 Å². The van der Waals surface area contributed by atoms with E-state index in [0.717, 1.165) is 43.8 Å². The molecule has 5 nitrogen and oxygen atoms in total. The van der Waals surface area contributed by atoms with Gasteiger partial charge in [0.05, 0.1) is 13.2 Å². The predicted octanol–water partition coefficient (Wildman–Crippen LogP) is 3.01. The van der Waals surface area contributed by atoms with E-state index in [1.165, 1.54) is 5.56 Å². The Morgan fingerprint density at radius 1 is 1.31 bits per heavy atom.